The standard InChI is InChI=1S/C15H18N2S/c1-2-4-6-12(7-5-3-1)17-13-8-9-14-15(10-13)18-11-16-14/h4,6,8-12,17H,1-3,5,7H2/b6-4+. The van der Waals surface area contributed by atoms with E-state index in [0.29, 0.717) is 6.04 Å². The summed E-state index contributed by atoms with van der Waals surface area (Å²) in [5, 5.41) is 3.62. The molecule has 0 aliphatic heterocycles. The Hall–Kier alpha value is -1.35. The van der Waals surface area contributed by atoms with Gasteiger partial charge in [-0.1, -0.05) is 25.0 Å². The molecule has 2 nitrogen and oxygen atoms in total. The van der Waals surface area contributed by atoms with Gasteiger partial charge in [-0.05, 0) is 37.5 Å². The fourth-order valence-corrected chi connectivity index (χ4v) is 3.16. The van der Waals surface area contributed by atoms with Crippen LogP contribution < -0.4 is 5.32 Å². The third kappa shape index (κ3) is 2.72. The lowest BCUT2D eigenvalue weighted by Crippen LogP contribution is -2.17. The molecule has 18 heavy (non-hydrogen) atoms. The first-order valence-electron chi connectivity index (χ1n) is 6.68. The maximum absolute atomic E-state index is 4.31. The largest absolute Gasteiger partial charge is 0.379 e. The predicted octanol–water partition coefficient (Wildman–Crippen LogP) is 4.60. The van der Waals surface area contributed by atoms with E-state index in [9.17, 15) is 0 Å². The Morgan fingerprint density at radius 2 is 2.22 bits per heavy atom. The zero-order chi connectivity index (χ0) is 12.2. The van der Waals surface area contributed by atoms with E-state index in [-0.39, 0.29) is 0 Å². The lowest BCUT2D eigenvalue weighted by molar-refractivity contribution is 0.610. The second-order valence-electron chi connectivity index (χ2n) is 4.85. The molecule has 1 aliphatic rings. The van der Waals surface area contributed by atoms with E-state index in [1.54, 1.807) is 11.3 Å². The maximum atomic E-state index is 4.31. The van der Waals surface area contributed by atoms with Crippen LogP contribution in [0.15, 0.2) is 35.9 Å². The topological polar surface area (TPSA) is 24.9 Å². The second-order valence-corrected chi connectivity index (χ2v) is 5.74. The van der Waals surface area contributed by atoms with Gasteiger partial charge in [-0.2, -0.15) is 0 Å². The fraction of sp³-hybridized carbons (Fsp3) is 0.400. The van der Waals surface area contributed by atoms with Crippen LogP contribution in [-0.4, -0.2) is 11.0 Å². The molecule has 0 radical (unpaired) electrons. The summed E-state index contributed by atoms with van der Waals surface area (Å²) in [6.45, 7) is 0. The highest BCUT2D eigenvalue weighted by atomic mass is 32.1. The molecule has 0 bridgehead atoms. The van der Waals surface area contributed by atoms with Crippen LogP contribution in [0.3, 0.4) is 0 Å². The van der Waals surface area contributed by atoms with Crippen molar-refractivity contribution in [1.29, 1.82) is 0 Å². The van der Waals surface area contributed by atoms with Crippen LogP contribution in [0.2, 0.25) is 0 Å². The molecule has 1 aromatic carbocycles. The Kier molecular flexibility index (Phi) is 3.60. The number of benzene rings is 1. The highest BCUT2D eigenvalue weighted by molar-refractivity contribution is 7.16. The summed E-state index contributed by atoms with van der Waals surface area (Å²) in [5.41, 5.74) is 4.21. The van der Waals surface area contributed by atoms with Gasteiger partial charge in [-0.15, -0.1) is 11.3 Å². The summed E-state index contributed by atoms with van der Waals surface area (Å²) < 4.78 is 1.26. The quantitative estimate of drug-likeness (QED) is 0.796. The average Bonchev–Trinajstić information content (AvgIpc) is 2.79. The van der Waals surface area contributed by atoms with Gasteiger partial charge in [0, 0.05) is 11.7 Å². The van der Waals surface area contributed by atoms with Crippen LogP contribution in [-0.2, 0) is 0 Å². The molecule has 1 aliphatic carbocycles. The van der Waals surface area contributed by atoms with Crippen molar-refractivity contribution in [2.24, 2.45) is 0 Å². The zero-order valence-corrected chi connectivity index (χ0v) is 11.2. The van der Waals surface area contributed by atoms with Crippen molar-refractivity contribution in [2.45, 2.75) is 38.1 Å². The number of anilines is 1. The van der Waals surface area contributed by atoms with Crippen molar-refractivity contribution in [3.8, 4) is 0 Å². The molecule has 0 amide bonds. The lowest BCUT2D eigenvalue weighted by Gasteiger charge is -2.18. The van der Waals surface area contributed by atoms with Crippen molar-refractivity contribution in [1.82, 2.24) is 4.98 Å². The van der Waals surface area contributed by atoms with Gasteiger partial charge in [0.15, 0.2) is 0 Å². The number of thiazole rings is 1. The Morgan fingerprint density at radius 3 is 3.22 bits per heavy atom. The van der Waals surface area contributed by atoms with Crippen LogP contribution >= 0.6 is 11.3 Å². The van der Waals surface area contributed by atoms with E-state index in [0.717, 1.165) is 5.52 Å². The molecule has 3 rings (SSSR count). The van der Waals surface area contributed by atoms with Crippen LogP contribution in [0.25, 0.3) is 10.2 Å². The Bertz CT molecular complexity index is 544. The van der Waals surface area contributed by atoms with Gasteiger partial charge in [0.2, 0.25) is 0 Å². The lowest BCUT2D eigenvalue weighted by atomic mass is 10.0. The van der Waals surface area contributed by atoms with Crippen LogP contribution in [0.5, 0.6) is 0 Å². The Labute approximate surface area is 112 Å². The minimum Gasteiger partial charge on any atom is -0.379 e. The highest BCUT2D eigenvalue weighted by Crippen LogP contribution is 2.23. The molecular weight excluding hydrogens is 240 g/mol. The van der Waals surface area contributed by atoms with Gasteiger partial charge in [-0.25, -0.2) is 4.98 Å². The van der Waals surface area contributed by atoms with Crippen molar-refractivity contribution < 1.29 is 0 Å². The summed E-state index contributed by atoms with van der Waals surface area (Å²) >= 11 is 1.70. The van der Waals surface area contributed by atoms with Crippen LogP contribution in [0, 0.1) is 0 Å². The van der Waals surface area contributed by atoms with Crippen LogP contribution in [0.1, 0.15) is 32.1 Å². The molecule has 2 aromatic rings. The third-order valence-electron chi connectivity index (χ3n) is 3.44. The number of rotatable bonds is 2. The first kappa shape index (κ1) is 11.7. The Balaban J connectivity index is 1.75. The molecule has 3 heteroatoms. The summed E-state index contributed by atoms with van der Waals surface area (Å²) in [5.74, 6) is 0. The minimum atomic E-state index is 0.482. The van der Waals surface area contributed by atoms with E-state index in [4.69, 9.17) is 0 Å². The number of hydrogen-bond donors (Lipinski definition) is 1. The van der Waals surface area contributed by atoms with Crippen molar-refractivity contribution in [3.05, 3.63) is 35.9 Å². The van der Waals surface area contributed by atoms with E-state index in [2.05, 4.69) is 40.7 Å². The number of aromatic nitrogens is 1. The number of fused-ring (bicyclic) bond motifs is 1. The maximum Gasteiger partial charge on any atom is 0.0813 e. The monoisotopic (exact) mass is 258 g/mol. The fourth-order valence-electron chi connectivity index (χ4n) is 2.44. The van der Waals surface area contributed by atoms with Gasteiger partial charge in [-0.3, -0.25) is 0 Å². The van der Waals surface area contributed by atoms with Gasteiger partial charge < -0.3 is 5.32 Å². The zero-order valence-electron chi connectivity index (χ0n) is 10.4. The summed E-state index contributed by atoms with van der Waals surface area (Å²) in [6.07, 6.45) is 11.1. The van der Waals surface area contributed by atoms with Gasteiger partial charge >= 0.3 is 0 Å². The predicted molar refractivity (Wildman–Crippen MR) is 79.3 cm³/mol. The first-order valence-corrected chi connectivity index (χ1v) is 7.56. The third-order valence-corrected chi connectivity index (χ3v) is 4.23. The number of hydrogen-bond acceptors (Lipinski definition) is 3. The van der Waals surface area contributed by atoms with Crippen LogP contribution in [0.4, 0.5) is 5.69 Å². The molecule has 94 valence electrons. The van der Waals surface area contributed by atoms with Gasteiger partial charge in [0.05, 0.1) is 15.7 Å². The molecule has 1 heterocycles. The molecule has 1 N–H and O–H groups in total. The normalized spacial score (nSPS) is 22.3. The summed E-state index contributed by atoms with van der Waals surface area (Å²) in [6, 6.07) is 6.92. The SMILES string of the molecule is C1=C/C(Nc2ccc3ncsc3c2)CCCCC/1. The van der Waals surface area contributed by atoms with Crippen molar-refractivity contribution in [2.75, 3.05) is 5.32 Å². The molecule has 0 spiro atoms. The summed E-state index contributed by atoms with van der Waals surface area (Å²) in [7, 11) is 0. The number of allylic oxidation sites excluding steroid dienone is 1. The average molecular weight is 258 g/mol. The van der Waals surface area contributed by atoms with E-state index in [1.807, 2.05) is 5.51 Å². The molecule has 0 saturated carbocycles. The van der Waals surface area contributed by atoms with Gasteiger partial charge in [0.25, 0.3) is 0 Å². The molecule has 1 atom stereocenters. The molecular formula is C15H18N2S. The second kappa shape index (κ2) is 5.53. The highest BCUT2D eigenvalue weighted by Gasteiger charge is 2.07. The molecule has 0 saturated heterocycles. The van der Waals surface area contributed by atoms with E-state index >= 15 is 0 Å². The molecule has 0 fully saturated rings. The van der Waals surface area contributed by atoms with Crippen molar-refractivity contribution >= 4 is 27.2 Å². The van der Waals surface area contributed by atoms with E-state index < -0.39 is 0 Å². The van der Waals surface area contributed by atoms with Gasteiger partial charge in [0.1, 0.15) is 0 Å². The summed E-state index contributed by atoms with van der Waals surface area (Å²) in [4.78, 5) is 4.31. The smallest absolute Gasteiger partial charge is 0.0813 e. The number of nitrogens with one attached hydrogen (secondary N) is 1. The van der Waals surface area contributed by atoms with E-state index in [1.165, 1.54) is 42.5 Å². The minimum absolute atomic E-state index is 0.482. The molecule has 1 aromatic heterocycles. The molecule has 1 unspecified atom stereocenters. The Morgan fingerprint density at radius 1 is 1.22 bits per heavy atom. The van der Waals surface area contributed by atoms with Crippen molar-refractivity contribution in [3.63, 3.8) is 0 Å². The number of nitrogens with zero attached hydrogens (tertiary/aromatic N) is 1. The first-order chi connectivity index (χ1) is 8.92.